The number of hydrogen-bond acceptors (Lipinski definition) is 8. The summed E-state index contributed by atoms with van der Waals surface area (Å²) in [5, 5.41) is 3.88. The Bertz CT molecular complexity index is 1880. The summed E-state index contributed by atoms with van der Waals surface area (Å²) >= 11 is 0. The third-order valence-corrected chi connectivity index (χ3v) is 9.17. The van der Waals surface area contributed by atoms with E-state index in [1.54, 1.807) is 24.2 Å². The van der Waals surface area contributed by atoms with Crippen LogP contribution < -0.4 is 19.7 Å². The Morgan fingerprint density at radius 2 is 1.85 bits per heavy atom. The molecular formula is C34H38FN5O5S. The molecule has 12 heteroatoms. The molecule has 1 saturated carbocycles. The molecule has 0 bridgehead atoms. The summed E-state index contributed by atoms with van der Waals surface area (Å²) < 4.78 is 54.5. The number of hydrogen-bond donors (Lipinski definition) is 2. The topological polar surface area (TPSA) is 123 Å². The number of rotatable bonds is 12. The molecule has 3 heterocycles. The van der Waals surface area contributed by atoms with Gasteiger partial charge in [-0.15, -0.1) is 0 Å². The molecule has 0 unspecified atom stereocenters. The van der Waals surface area contributed by atoms with E-state index < -0.39 is 21.3 Å². The maximum Gasteiger partial charge on any atom is 0.238 e. The minimum atomic E-state index is -3.69. The summed E-state index contributed by atoms with van der Waals surface area (Å²) in [5.41, 5.74) is 2.98. The quantitative estimate of drug-likeness (QED) is 0.210. The second kappa shape index (κ2) is 12.6. The number of nitrogens with one attached hydrogen (secondary N) is 2. The van der Waals surface area contributed by atoms with Crippen molar-refractivity contribution in [1.29, 1.82) is 0 Å². The maximum absolute atomic E-state index is 15.7. The number of likely N-dealkylation sites (N-methyl/N-ethyl adjacent to an activating group) is 1. The number of amides is 1. The molecule has 2 aromatic heterocycles. The molecule has 0 saturated heterocycles. The lowest BCUT2D eigenvalue weighted by molar-refractivity contribution is -0.133. The van der Waals surface area contributed by atoms with Gasteiger partial charge in [-0.1, -0.05) is 44.2 Å². The van der Waals surface area contributed by atoms with Gasteiger partial charge in [-0.25, -0.2) is 17.8 Å². The minimum Gasteiger partial charge on any atom is -0.475 e. The Balaban J connectivity index is 1.31. The van der Waals surface area contributed by atoms with Crippen LogP contribution in [0.15, 0.2) is 60.9 Å². The van der Waals surface area contributed by atoms with Gasteiger partial charge in [0.1, 0.15) is 18.1 Å². The fraction of sp³-hybridized carbons (Fsp3) is 0.382. The van der Waals surface area contributed by atoms with Crippen molar-refractivity contribution in [1.82, 2.24) is 15.3 Å². The van der Waals surface area contributed by atoms with E-state index >= 15 is 4.39 Å². The van der Waals surface area contributed by atoms with Gasteiger partial charge in [0.05, 0.1) is 41.8 Å². The number of nitrogens with zero attached hydrogens (tertiary/aromatic N) is 3. The summed E-state index contributed by atoms with van der Waals surface area (Å²) in [7, 11) is -1.96. The normalized spacial score (nSPS) is 19.1. The van der Waals surface area contributed by atoms with E-state index in [2.05, 4.69) is 32.1 Å². The van der Waals surface area contributed by atoms with Crippen LogP contribution in [-0.4, -0.2) is 69.5 Å². The van der Waals surface area contributed by atoms with Crippen LogP contribution in [0.25, 0.3) is 22.0 Å². The second-order valence-corrected chi connectivity index (χ2v) is 14.1. The molecule has 1 spiro atoms. The smallest absolute Gasteiger partial charge is 0.238 e. The first kappa shape index (κ1) is 31.8. The number of ether oxygens (including phenoxy) is 2. The van der Waals surface area contributed by atoms with Crippen molar-refractivity contribution >= 4 is 38.2 Å². The lowest BCUT2D eigenvalue weighted by atomic mass is 9.62. The van der Waals surface area contributed by atoms with E-state index in [-0.39, 0.29) is 41.8 Å². The third-order valence-electron chi connectivity index (χ3n) is 8.58. The van der Waals surface area contributed by atoms with Gasteiger partial charge >= 0.3 is 0 Å². The molecule has 1 fully saturated rings. The van der Waals surface area contributed by atoms with Crippen molar-refractivity contribution < 1.29 is 27.1 Å². The van der Waals surface area contributed by atoms with Crippen molar-refractivity contribution in [3.63, 3.8) is 0 Å². The van der Waals surface area contributed by atoms with E-state index in [0.29, 0.717) is 48.1 Å². The molecule has 0 atom stereocenters. The van der Waals surface area contributed by atoms with Gasteiger partial charge in [0.15, 0.2) is 0 Å². The van der Waals surface area contributed by atoms with Gasteiger partial charge in [0.2, 0.25) is 21.8 Å². The van der Waals surface area contributed by atoms with Crippen LogP contribution in [0.2, 0.25) is 0 Å². The van der Waals surface area contributed by atoms with Crippen LogP contribution in [-0.2, 0) is 31.4 Å². The van der Waals surface area contributed by atoms with Crippen LogP contribution in [0.1, 0.15) is 37.8 Å². The number of aromatic nitrogens is 2. The predicted octanol–water partition coefficient (Wildman–Crippen LogP) is 4.82. The maximum atomic E-state index is 15.7. The molecule has 242 valence electrons. The number of sulfonamides is 1. The lowest BCUT2D eigenvalue weighted by Gasteiger charge is -2.43. The van der Waals surface area contributed by atoms with Crippen LogP contribution in [0.4, 0.5) is 15.8 Å². The van der Waals surface area contributed by atoms with Gasteiger partial charge in [-0.2, -0.15) is 0 Å². The monoisotopic (exact) mass is 647 g/mol. The first-order valence-electron chi connectivity index (χ1n) is 15.4. The molecule has 46 heavy (non-hydrogen) atoms. The molecule has 4 aromatic rings. The molecule has 2 aromatic carbocycles. The standard InChI is InChI=1S/C34H38FN5O5S/c1-21(2)36-11-13-45-32-29(39-46(4,42)43)14-23(19-38-32)25-15-26-28(16-27(25)35)37-20-30-31(26)34(33(41)40(30)3)17-24(18-34)44-12-10-22-8-6-5-7-9-22/h5-9,14-16,19-21,24,36,39H,10-13,17-18H2,1-4H3. The van der Waals surface area contributed by atoms with E-state index in [0.717, 1.165) is 18.2 Å². The van der Waals surface area contributed by atoms with E-state index in [1.807, 2.05) is 32.0 Å². The van der Waals surface area contributed by atoms with E-state index in [4.69, 9.17) is 9.47 Å². The molecule has 2 aliphatic rings. The number of benzene rings is 2. The fourth-order valence-electron chi connectivity index (χ4n) is 6.40. The van der Waals surface area contributed by atoms with Crippen molar-refractivity contribution in [2.45, 2.75) is 50.7 Å². The van der Waals surface area contributed by atoms with Gasteiger partial charge in [-0.05, 0) is 37.0 Å². The van der Waals surface area contributed by atoms with Crippen LogP contribution in [0.5, 0.6) is 5.88 Å². The summed E-state index contributed by atoms with van der Waals surface area (Å²) in [5.74, 6) is -0.493. The number of carbonyl (C=O) groups excluding carboxylic acids is 1. The highest BCUT2D eigenvalue weighted by molar-refractivity contribution is 7.92. The Morgan fingerprint density at radius 1 is 1.09 bits per heavy atom. The van der Waals surface area contributed by atoms with Crippen LogP contribution >= 0.6 is 0 Å². The van der Waals surface area contributed by atoms with Gasteiger partial charge in [0.25, 0.3) is 0 Å². The molecular weight excluding hydrogens is 609 g/mol. The van der Waals surface area contributed by atoms with E-state index in [9.17, 15) is 13.2 Å². The number of fused-ring (bicyclic) bond motifs is 4. The number of anilines is 2. The number of halogens is 1. The summed E-state index contributed by atoms with van der Waals surface area (Å²) in [6, 6.07) is 14.9. The summed E-state index contributed by atoms with van der Waals surface area (Å²) in [6.07, 6.45) is 5.85. The number of carbonyl (C=O) groups is 1. The third kappa shape index (κ3) is 6.29. The largest absolute Gasteiger partial charge is 0.475 e. The second-order valence-electron chi connectivity index (χ2n) is 12.4. The highest BCUT2D eigenvalue weighted by Gasteiger charge is 2.59. The number of pyridine rings is 2. The predicted molar refractivity (Wildman–Crippen MR) is 176 cm³/mol. The highest BCUT2D eigenvalue weighted by Crippen LogP contribution is 2.56. The SMILES string of the molecule is CC(C)NCCOc1ncc(-c2cc3c4c(cnc3cc2F)N(C)C(=O)C42CC(OCCc3ccccc3)C2)cc1NS(C)(=O)=O. The van der Waals surface area contributed by atoms with Crippen LogP contribution in [0, 0.1) is 5.82 Å². The average molecular weight is 648 g/mol. The van der Waals surface area contributed by atoms with E-state index in [1.165, 1.54) is 23.9 Å². The molecule has 2 N–H and O–H groups in total. The Hall–Kier alpha value is -4.13. The Morgan fingerprint density at radius 3 is 2.57 bits per heavy atom. The average Bonchev–Trinajstić information content (AvgIpc) is 3.21. The molecule has 10 nitrogen and oxygen atoms in total. The first-order chi connectivity index (χ1) is 21.9. The zero-order valence-electron chi connectivity index (χ0n) is 26.3. The first-order valence-corrected chi connectivity index (χ1v) is 17.2. The summed E-state index contributed by atoms with van der Waals surface area (Å²) in [4.78, 5) is 24.2. The zero-order valence-corrected chi connectivity index (χ0v) is 27.2. The van der Waals surface area contributed by atoms with Crippen molar-refractivity contribution in [2.75, 3.05) is 42.7 Å². The Labute approximate surface area is 268 Å². The molecule has 1 aliphatic heterocycles. The highest BCUT2D eigenvalue weighted by atomic mass is 32.2. The Kier molecular flexibility index (Phi) is 8.70. The molecule has 0 radical (unpaired) electrons. The lowest BCUT2D eigenvalue weighted by Crippen LogP contribution is -2.52. The fourth-order valence-corrected chi connectivity index (χ4v) is 6.95. The molecule has 1 aliphatic carbocycles. The van der Waals surface area contributed by atoms with Gasteiger partial charge in [0, 0.05) is 54.0 Å². The minimum absolute atomic E-state index is 0.0275. The van der Waals surface area contributed by atoms with Crippen LogP contribution in [0.3, 0.4) is 0 Å². The molecule has 1 amide bonds. The summed E-state index contributed by atoms with van der Waals surface area (Å²) in [6.45, 7) is 5.36. The van der Waals surface area contributed by atoms with Gasteiger partial charge < -0.3 is 19.7 Å². The van der Waals surface area contributed by atoms with Gasteiger partial charge in [-0.3, -0.25) is 14.5 Å². The molecule has 6 rings (SSSR count). The van der Waals surface area contributed by atoms with Crippen molar-refractivity contribution in [2.24, 2.45) is 0 Å². The van der Waals surface area contributed by atoms with Crippen molar-refractivity contribution in [3.8, 4) is 17.0 Å². The zero-order chi connectivity index (χ0) is 32.6. The van der Waals surface area contributed by atoms with Crippen molar-refractivity contribution in [3.05, 3.63) is 77.9 Å².